The molecule has 0 bridgehead atoms. The van der Waals surface area contributed by atoms with Crippen molar-refractivity contribution in [2.45, 2.75) is 158 Å². The standard InChI is InChI=1S/2C27H30I3N7O3.2C16H36N.2FH/c2*28-19-1-7-22(8-2-19)34-25(38)31-13-16-37(17-14-32-26(39)35-23-9-3-20(29)4-10-23)18-15-33-27(40)36-24-11-5-21(30)6-12-24;2*1-5-9-13-17(14-10-6-2,15-11-7-3)16-12-8-4;;/h2*1-12H,13-18H2,(H2,31,34,38)(H2,32,35,39)(H2,33,36,40);2*5-16H2,1-4H3;2*1H/q;;2*+1;;/p-2. The Morgan fingerprint density at radius 2 is 0.353 bits per heavy atom. The molecule has 0 spiro atoms. The Kier molecular flexibility index (Phi) is 63.6. The van der Waals surface area contributed by atoms with Crippen LogP contribution in [0, 0.1) is 21.4 Å². The number of urea groups is 6. The predicted octanol–water partition coefficient (Wildman–Crippen LogP) is 15.1. The quantitative estimate of drug-likeness (QED) is 0.0129. The summed E-state index contributed by atoms with van der Waals surface area (Å²) in [5, 5.41) is 34.0. The molecule has 12 amide bonds. The van der Waals surface area contributed by atoms with E-state index in [1.807, 2.05) is 146 Å². The van der Waals surface area contributed by atoms with Crippen LogP contribution in [0.15, 0.2) is 146 Å². The molecule has 0 saturated carbocycles. The summed E-state index contributed by atoms with van der Waals surface area (Å²) in [5.41, 5.74) is 4.26. The first-order chi connectivity index (χ1) is 55.0. The molecular weight excluding hydrogens is 2150 g/mol. The highest BCUT2D eigenvalue weighted by atomic mass is 127. The molecule has 0 aliphatic rings. The van der Waals surface area contributed by atoms with Crippen molar-refractivity contribution < 1.29 is 47.1 Å². The molecule has 6 rings (SSSR count). The molecule has 0 saturated heterocycles. The number of nitrogens with zero attached hydrogens (tertiary/aromatic N) is 4. The van der Waals surface area contributed by atoms with Crippen molar-refractivity contribution in [2.24, 2.45) is 0 Å². The van der Waals surface area contributed by atoms with Crippen LogP contribution in [-0.2, 0) is 0 Å². The predicted molar refractivity (Wildman–Crippen MR) is 529 cm³/mol. The molecule has 0 fully saturated rings. The molecule has 22 nitrogen and oxygen atoms in total. The summed E-state index contributed by atoms with van der Waals surface area (Å²) in [7, 11) is 0. The molecule has 12 N–H and O–H groups in total. The van der Waals surface area contributed by atoms with Crippen molar-refractivity contribution in [3.63, 3.8) is 0 Å². The fourth-order valence-corrected chi connectivity index (χ4v) is 14.3. The molecule has 6 aromatic rings. The van der Waals surface area contributed by atoms with E-state index in [0.29, 0.717) is 113 Å². The van der Waals surface area contributed by atoms with E-state index in [-0.39, 0.29) is 45.6 Å². The van der Waals surface area contributed by atoms with Gasteiger partial charge in [0.05, 0.1) is 52.4 Å². The van der Waals surface area contributed by atoms with Gasteiger partial charge in [0, 0.05) is 134 Å². The van der Waals surface area contributed by atoms with E-state index in [9.17, 15) is 28.8 Å². The van der Waals surface area contributed by atoms with Crippen molar-refractivity contribution >= 4 is 206 Å². The minimum atomic E-state index is -0.300. The molecule has 116 heavy (non-hydrogen) atoms. The zero-order valence-corrected chi connectivity index (χ0v) is 82.5. The number of rotatable bonds is 48. The second-order valence-corrected chi connectivity index (χ2v) is 35.8. The largest absolute Gasteiger partial charge is 1.00 e. The monoisotopic (exact) mass is 2280 g/mol. The maximum Gasteiger partial charge on any atom is 0.319 e. The van der Waals surface area contributed by atoms with Gasteiger partial charge in [-0.25, -0.2) is 28.8 Å². The first-order valence-electron chi connectivity index (χ1n) is 41.0. The highest BCUT2D eigenvalue weighted by Crippen LogP contribution is 2.21. The molecule has 648 valence electrons. The van der Waals surface area contributed by atoms with Crippen LogP contribution in [0.3, 0.4) is 0 Å². The van der Waals surface area contributed by atoms with Gasteiger partial charge in [0.1, 0.15) is 0 Å². The maximum atomic E-state index is 12.3. The van der Waals surface area contributed by atoms with Crippen molar-refractivity contribution in [3.8, 4) is 0 Å². The van der Waals surface area contributed by atoms with Crippen LogP contribution < -0.4 is 73.2 Å². The minimum absolute atomic E-state index is 0. The number of unbranched alkanes of at least 4 members (excludes halogenated alkanes) is 8. The van der Waals surface area contributed by atoms with Crippen molar-refractivity contribution in [2.75, 3.05) is 163 Å². The number of carbonyl (C=O) groups is 6. The number of anilines is 6. The van der Waals surface area contributed by atoms with Gasteiger partial charge in [-0.05, 0) is 333 Å². The number of quaternary nitrogens is 2. The van der Waals surface area contributed by atoms with E-state index >= 15 is 0 Å². The summed E-state index contributed by atoms with van der Waals surface area (Å²) in [6.45, 7) is 35.5. The third kappa shape index (κ3) is 52.9. The summed E-state index contributed by atoms with van der Waals surface area (Å²) in [4.78, 5) is 77.9. The van der Waals surface area contributed by atoms with E-state index in [1.54, 1.807) is 0 Å². The van der Waals surface area contributed by atoms with E-state index < -0.39 is 0 Å². The SMILES string of the molecule is CCCC[N+](CCCC)(CCCC)CCCC.CCCC[N+](CCCC)(CCCC)CCCC.O=C(NCCN(CCNC(=O)Nc1ccc(I)cc1)CCNC(=O)Nc1ccc(I)cc1)Nc1ccc(I)cc1.O=C(NCCN(CCNC(=O)Nc1ccc(I)cc1)CCNC(=O)Nc1ccc(I)cc1)Nc1ccc(I)cc1.[F-].[F-]. The van der Waals surface area contributed by atoms with Crippen molar-refractivity contribution in [1.29, 1.82) is 0 Å². The van der Waals surface area contributed by atoms with Crippen LogP contribution in [0.25, 0.3) is 0 Å². The van der Waals surface area contributed by atoms with E-state index in [2.05, 4.69) is 265 Å². The fourth-order valence-electron chi connectivity index (χ4n) is 12.2. The Bertz CT molecular complexity index is 2950. The molecule has 0 heterocycles. The van der Waals surface area contributed by atoms with Crippen LogP contribution >= 0.6 is 136 Å². The summed E-state index contributed by atoms with van der Waals surface area (Å²) >= 11 is 13.2. The number of nitrogens with one attached hydrogen (secondary N) is 12. The minimum Gasteiger partial charge on any atom is -1.00 e. The number of amides is 12. The van der Waals surface area contributed by atoms with E-state index in [1.165, 1.54) is 164 Å². The Morgan fingerprint density at radius 3 is 0.466 bits per heavy atom. The highest BCUT2D eigenvalue weighted by Gasteiger charge is 2.26. The fraction of sp³-hybridized carbons (Fsp3) is 0.512. The third-order valence-corrected chi connectivity index (χ3v) is 23.1. The number of hydrogen-bond donors (Lipinski definition) is 12. The van der Waals surface area contributed by atoms with E-state index in [4.69, 9.17) is 0 Å². The van der Waals surface area contributed by atoms with Gasteiger partial charge in [-0.2, -0.15) is 0 Å². The van der Waals surface area contributed by atoms with Crippen LogP contribution in [0.1, 0.15) is 158 Å². The lowest BCUT2D eigenvalue weighted by atomic mass is 10.1. The molecule has 0 unspecified atom stereocenters. The van der Waals surface area contributed by atoms with Gasteiger partial charge in [-0.15, -0.1) is 0 Å². The van der Waals surface area contributed by atoms with Gasteiger partial charge in [0.25, 0.3) is 0 Å². The lowest BCUT2D eigenvalue weighted by Crippen LogP contribution is -3.00. The number of halogens is 8. The number of carbonyl (C=O) groups excluding carboxylic acids is 6. The zero-order chi connectivity index (χ0) is 83.5. The van der Waals surface area contributed by atoms with Gasteiger partial charge in [-0.3, -0.25) is 9.80 Å². The lowest BCUT2D eigenvalue weighted by molar-refractivity contribution is -0.929. The summed E-state index contributed by atoms with van der Waals surface area (Å²) in [6, 6.07) is 43.3. The average molecular weight is 2290 g/mol. The lowest BCUT2D eigenvalue weighted by Gasteiger charge is -2.39. The van der Waals surface area contributed by atoms with Crippen molar-refractivity contribution in [1.82, 2.24) is 41.7 Å². The highest BCUT2D eigenvalue weighted by molar-refractivity contribution is 14.1. The summed E-state index contributed by atoms with van der Waals surface area (Å²) in [5.74, 6) is 0. The van der Waals surface area contributed by atoms with Crippen LogP contribution in [0.2, 0.25) is 0 Å². The Morgan fingerprint density at radius 1 is 0.233 bits per heavy atom. The topological polar surface area (TPSA) is 253 Å². The Balaban J connectivity index is 0.000000829. The number of hydrogen-bond acceptors (Lipinski definition) is 8. The van der Waals surface area contributed by atoms with Crippen LogP contribution in [0.5, 0.6) is 0 Å². The molecule has 0 atom stereocenters. The van der Waals surface area contributed by atoms with Gasteiger partial charge in [0.15, 0.2) is 0 Å². The van der Waals surface area contributed by atoms with Gasteiger partial charge < -0.3 is 82.2 Å². The van der Waals surface area contributed by atoms with Gasteiger partial charge in [-0.1, -0.05) is 107 Å². The third-order valence-electron chi connectivity index (χ3n) is 18.8. The second kappa shape index (κ2) is 67.7. The van der Waals surface area contributed by atoms with Crippen LogP contribution in [-0.4, -0.2) is 186 Å². The summed E-state index contributed by atoms with van der Waals surface area (Å²) < 4.78 is 9.34. The smallest absolute Gasteiger partial charge is 0.319 e. The molecule has 0 radical (unpaired) electrons. The zero-order valence-electron chi connectivity index (χ0n) is 69.6. The first-order valence-corrected chi connectivity index (χ1v) is 47.5. The van der Waals surface area contributed by atoms with Crippen LogP contribution in [0.4, 0.5) is 62.9 Å². The second-order valence-electron chi connectivity index (χ2n) is 28.3. The normalized spacial score (nSPS) is 10.8. The van der Waals surface area contributed by atoms with E-state index in [0.717, 1.165) is 21.4 Å². The first kappa shape index (κ1) is 109. The molecule has 0 aliphatic carbocycles. The average Bonchev–Trinajstić information content (AvgIpc) is 0.868. The number of benzene rings is 6. The Labute approximate surface area is 774 Å². The molecule has 0 aliphatic heterocycles. The van der Waals surface area contributed by atoms with Gasteiger partial charge >= 0.3 is 36.2 Å². The molecular formula is C86H132F2I6N16O6. The molecule has 0 aromatic heterocycles. The van der Waals surface area contributed by atoms with Gasteiger partial charge in [0.2, 0.25) is 0 Å². The maximum absolute atomic E-state index is 12.3. The Hall–Kier alpha value is -4.98. The molecule has 6 aromatic carbocycles. The summed E-state index contributed by atoms with van der Waals surface area (Å²) in [6.07, 6.45) is 22.1. The molecule has 30 heteroatoms. The van der Waals surface area contributed by atoms with Crippen molar-refractivity contribution in [3.05, 3.63) is 167 Å².